The van der Waals surface area contributed by atoms with Gasteiger partial charge in [-0.2, -0.15) is 0 Å². The highest BCUT2D eigenvalue weighted by Crippen LogP contribution is 2.31. The summed E-state index contributed by atoms with van der Waals surface area (Å²) in [5, 5.41) is 3.59. The molecule has 0 saturated heterocycles. The summed E-state index contributed by atoms with van der Waals surface area (Å²) in [5.74, 6) is 0.524. The molecule has 2 aromatic rings. The molecule has 2 aromatic carbocycles. The predicted octanol–water partition coefficient (Wildman–Crippen LogP) is 5.52. The Morgan fingerprint density at radius 2 is 1.91 bits per heavy atom. The number of carbonyl (C=O) groups is 1. The van der Waals surface area contributed by atoms with Gasteiger partial charge in [-0.3, -0.25) is 4.79 Å². The molecule has 23 heavy (non-hydrogen) atoms. The number of benzene rings is 2. The van der Waals surface area contributed by atoms with Crippen LogP contribution in [0.15, 0.2) is 42.5 Å². The first kappa shape index (κ1) is 17.6. The standard InChI is InChI=1S/C18H19Cl2NO2/c1-3-12(2)13-7-4-5-9-15(13)21-17(22)11-23-16-10-6-8-14(19)18(16)20/h4-10,12H,3,11H2,1-2H3,(H,21,22)/t12-/m1/s1. The first-order valence-corrected chi connectivity index (χ1v) is 8.24. The zero-order valence-corrected chi connectivity index (χ0v) is 14.6. The fourth-order valence-electron chi connectivity index (χ4n) is 2.19. The van der Waals surface area contributed by atoms with Crippen LogP contribution < -0.4 is 10.1 Å². The SMILES string of the molecule is CC[C@@H](C)c1ccccc1NC(=O)COc1cccc(Cl)c1Cl. The Balaban J connectivity index is 2.02. The fourth-order valence-corrected chi connectivity index (χ4v) is 2.53. The second-order valence-corrected chi connectivity index (χ2v) is 6.07. The number of anilines is 1. The van der Waals surface area contributed by atoms with E-state index >= 15 is 0 Å². The summed E-state index contributed by atoms with van der Waals surface area (Å²) in [6, 6.07) is 12.9. The van der Waals surface area contributed by atoms with Crippen molar-refractivity contribution in [2.45, 2.75) is 26.2 Å². The molecule has 0 radical (unpaired) electrons. The molecule has 1 atom stereocenters. The van der Waals surface area contributed by atoms with E-state index in [-0.39, 0.29) is 12.5 Å². The van der Waals surface area contributed by atoms with Crippen LogP contribution in [0.4, 0.5) is 5.69 Å². The summed E-state index contributed by atoms with van der Waals surface area (Å²) in [6.07, 6.45) is 1.00. The van der Waals surface area contributed by atoms with E-state index < -0.39 is 0 Å². The smallest absolute Gasteiger partial charge is 0.262 e. The van der Waals surface area contributed by atoms with Gasteiger partial charge in [0.2, 0.25) is 0 Å². The minimum atomic E-state index is -0.239. The van der Waals surface area contributed by atoms with E-state index in [1.807, 2.05) is 24.3 Å². The Kier molecular flexibility index (Phi) is 6.31. The molecule has 0 aliphatic rings. The summed E-state index contributed by atoms with van der Waals surface area (Å²) in [5.41, 5.74) is 1.93. The molecule has 0 aromatic heterocycles. The molecule has 1 N–H and O–H groups in total. The van der Waals surface area contributed by atoms with Gasteiger partial charge in [-0.15, -0.1) is 0 Å². The first-order valence-electron chi connectivity index (χ1n) is 7.48. The molecular formula is C18H19Cl2NO2. The molecule has 0 unspecified atom stereocenters. The van der Waals surface area contributed by atoms with Crippen LogP contribution in [0.1, 0.15) is 31.7 Å². The number of amides is 1. The minimum absolute atomic E-state index is 0.130. The molecule has 0 aliphatic heterocycles. The summed E-state index contributed by atoms with van der Waals surface area (Å²) in [6.45, 7) is 4.12. The Labute approximate surface area is 146 Å². The molecule has 3 nitrogen and oxygen atoms in total. The van der Waals surface area contributed by atoms with Crippen LogP contribution in [0.5, 0.6) is 5.75 Å². The van der Waals surface area contributed by atoms with Crippen molar-refractivity contribution in [1.82, 2.24) is 0 Å². The molecular weight excluding hydrogens is 333 g/mol. The van der Waals surface area contributed by atoms with E-state index in [1.165, 1.54) is 0 Å². The third-order valence-corrected chi connectivity index (χ3v) is 4.45. The van der Waals surface area contributed by atoms with Crippen molar-refractivity contribution in [3.05, 3.63) is 58.1 Å². The largest absolute Gasteiger partial charge is 0.482 e. The normalized spacial score (nSPS) is 11.8. The van der Waals surface area contributed by atoms with Crippen molar-refractivity contribution in [1.29, 1.82) is 0 Å². The Bertz CT molecular complexity index is 688. The first-order chi connectivity index (χ1) is 11.0. The molecule has 0 spiro atoms. The molecule has 5 heteroatoms. The van der Waals surface area contributed by atoms with Crippen LogP contribution in [0.3, 0.4) is 0 Å². The van der Waals surface area contributed by atoms with Crippen molar-refractivity contribution in [3.8, 4) is 5.75 Å². The maximum absolute atomic E-state index is 12.1. The van der Waals surface area contributed by atoms with Gasteiger partial charge in [0.25, 0.3) is 5.91 Å². The van der Waals surface area contributed by atoms with E-state index in [4.69, 9.17) is 27.9 Å². The second-order valence-electron chi connectivity index (χ2n) is 5.29. The molecule has 0 aliphatic carbocycles. The lowest BCUT2D eigenvalue weighted by atomic mass is 9.97. The highest BCUT2D eigenvalue weighted by molar-refractivity contribution is 6.42. The monoisotopic (exact) mass is 351 g/mol. The zero-order valence-electron chi connectivity index (χ0n) is 13.1. The highest BCUT2D eigenvalue weighted by Gasteiger charge is 2.12. The van der Waals surface area contributed by atoms with Gasteiger partial charge in [0.05, 0.1) is 5.02 Å². The van der Waals surface area contributed by atoms with Crippen LogP contribution in [0.2, 0.25) is 10.0 Å². The van der Waals surface area contributed by atoms with Crippen molar-refractivity contribution < 1.29 is 9.53 Å². The topological polar surface area (TPSA) is 38.3 Å². The lowest BCUT2D eigenvalue weighted by Crippen LogP contribution is -2.21. The molecule has 0 saturated carbocycles. The van der Waals surface area contributed by atoms with E-state index in [9.17, 15) is 4.79 Å². The zero-order chi connectivity index (χ0) is 16.8. The fraction of sp³-hybridized carbons (Fsp3) is 0.278. The molecule has 2 rings (SSSR count). The summed E-state index contributed by atoms with van der Waals surface area (Å²) in [4.78, 5) is 12.1. The number of hydrogen-bond acceptors (Lipinski definition) is 2. The van der Waals surface area contributed by atoms with Crippen LogP contribution >= 0.6 is 23.2 Å². The quantitative estimate of drug-likeness (QED) is 0.743. The Morgan fingerprint density at radius 3 is 2.65 bits per heavy atom. The summed E-state index contributed by atoms with van der Waals surface area (Å²) >= 11 is 12.0. The van der Waals surface area contributed by atoms with Gasteiger partial charge in [-0.25, -0.2) is 0 Å². The van der Waals surface area contributed by atoms with E-state index in [0.29, 0.717) is 21.7 Å². The number of rotatable bonds is 6. The molecule has 1 amide bonds. The molecule has 122 valence electrons. The molecule has 0 bridgehead atoms. The van der Waals surface area contributed by atoms with Crippen molar-refractivity contribution >= 4 is 34.8 Å². The van der Waals surface area contributed by atoms with E-state index in [1.54, 1.807) is 18.2 Å². The third-order valence-electron chi connectivity index (χ3n) is 3.65. The molecule has 0 fully saturated rings. The molecule has 0 heterocycles. The van der Waals surface area contributed by atoms with Crippen molar-refractivity contribution in [2.75, 3.05) is 11.9 Å². The lowest BCUT2D eigenvalue weighted by Gasteiger charge is -2.16. The van der Waals surface area contributed by atoms with Crippen LogP contribution in [0, 0.1) is 0 Å². The predicted molar refractivity (Wildman–Crippen MR) is 95.7 cm³/mol. The van der Waals surface area contributed by atoms with Crippen LogP contribution in [-0.4, -0.2) is 12.5 Å². The van der Waals surface area contributed by atoms with Gasteiger partial charge in [0, 0.05) is 5.69 Å². The highest BCUT2D eigenvalue weighted by atomic mass is 35.5. The van der Waals surface area contributed by atoms with Crippen molar-refractivity contribution in [3.63, 3.8) is 0 Å². The number of para-hydroxylation sites is 1. The van der Waals surface area contributed by atoms with Crippen molar-refractivity contribution in [2.24, 2.45) is 0 Å². The van der Waals surface area contributed by atoms with Crippen LogP contribution in [0.25, 0.3) is 0 Å². The number of carbonyl (C=O) groups excluding carboxylic acids is 1. The summed E-state index contributed by atoms with van der Waals surface area (Å²) in [7, 11) is 0. The van der Waals surface area contributed by atoms with Gasteiger partial charge in [-0.05, 0) is 36.1 Å². The number of hydrogen-bond donors (Lipinski definition) is 1. The average molecular weight is 352 g/mol. The Morgan fingerprint density at radius 1 is 1.17 bits per heavy atom. The van der Waals surface area contributed by atoms with Gasteiger partial charge < -0.3 is 10.1 Å². The number of halogens is 2. The Hall–Kier alpha value is -1.71. The summed E-state index contributed by atoms with van der Waals surface area (Å²) < 4.78 is 5.45. The maximum Gasteiger partial charge on any atom is 0.262 e. The van der Waals surface area contributed by atoms with Crippen LogP contribution in [-0.2, 0) is 4.79 Å². The lowest BCUT2D eigenvalue weighted by molar-refractivity contribution is -0.118. The van der Waals surface area contributed by atoms with Gasteiger partial charge in [0.1, 0.15) is 10.8 Å². The number of nitrogens with one attached hydrogen (secondary N) is 1. The minimum Gasteiger partial charge on any atom is -0.482 e. The average Bonchev–Trinajstić information content (AvgIpc) is 2.56. The third kappa shape index (κ3) is 4.63. The van der Waals surface area contributed by atoms with Gasteiger partial charge >= 0.3 is 0 Å². The van der Waals surface area contributed by atoms with E-state index in [2.05, 4.69) is 19.2 Å². The second kappa shape index (κ2) is 8.23. The van der Waals surface area contributed by atoms with Gasteiger partial charge in [0.15, 0.2) is 6.61 Å². The van der Waals surface area contributed by atoms with E-state index in [0.717, 1.165) is 17.7 Å². The maximum atomic E-state index is 12.1. The van der Waals surface area contributed by atoms with Gasteiger partial charge in [-0.1, -0.05) is 61.3 Å². The number of ether oxygens (including phenoxy) is 1.